The number of aromatic nitrogens is 2. The lowest BCUT2D eigenvalue weighted by Gasteiger charge is -2.27. The van der Waals surface area contributed by atoms with Gasteiger partial charge in [-0.15, -0.1) is 0 Å². The summed E-state index contributed by atoms with van der Waals surface area (Å²) in [5, 5.41) is 14.2. The topological polar surface area (TPSA) is 110 Å². The number of nitrogens with zero attached hydrogens (tertiary/aromatic N) is 2. The zero-order valence-corrected chi connectivity index (χ0v) is 21.8. The fourth-order valence-corrected chi connectivity index (χ4v) is 3.99. The number of halogens is 1. The van der Waals surface area contributed by atoms with E-state index in [0.29, 0.717) is 28.3 Å². The predicted octanol–water partition coefficient (Wildman–Crippen LogP) is 4.79. The molecule has 0 bridgehead atoms. The minimum absolute atomic E-state index is 0.107. The van der Waals surface area contributed by atoms with Crippen molar-refractivity contribution in [1.82, 2.24) is 15.3 Å². The number of aliphatic hydroxyl groups is 1. The number of benzene rings is 2. The molecule has 2 heterocycles. The zero-order chi connectivity index (χ0) is 27.5. The van der Waals surface area contributed by atoms with E-state index < -0.39 is 11.1 Å². The number of ether oxygens (including phenoxy) is 1. The molecule has 196 valence electrons. The molecule has 0 saturated heterocycles. The highest BCUT2D eigenvalue weighted by Crippen LogP contribution is 2.31. The van der Waals surface area contributed by atoms with Gasteiger partial charge in [-0.3, -0.25) is 9.78 Å². The number of pyridine rings is 2. The Morgan fingerprint density at radius 3 is 2.32 bits per heavy atom. The van der Waals surface area contributed by atoms with Gasteiger partial charge in [0.25, 0.3) is 5.91 Å². The van der Waals surface area contributed by atoms with E-state index in [1.165, 1.54) is 12.1 Å². The number of hydrogen-bond donors (Lipinski definition) is 3. The van der Waals surface area contributed by atoms with Crippen molar-refractivity contribution in [3.8, 4) is 28.1 Å². The summed E-state index contributed by atoms with van der Waals surface area (Å²) in [4.78, 5) is 21.7. The van der Waals surface area contributed by atoms with Crippen LogP contribution < -0.4 is 15.8 Å². The zero-order valence-electron chi connectivity index (χ0n) is 21.8. The number of hydrogen-bond acceptors (Lipinski definition) is 6. The third-order valence-electron chi connectivity index (χ3n) is 6.31. The van der Waals surface area contributed by atoms with Gasteiger partial charge < -0.3 is 20.9 Å². The van der Waals surface area contributed by atoms with E-state index in [0.717, 1.165) is 16.7 Å². The van der Waals surface area contributed by atoms with Crippen molar-refractivity contribution < 1.29 is 19.0 Å². The second kappa shape index (κ2) is 10.7. The van der Waals surface area contributed by atoms with E-state index >= 15 is 0 Å². The Kier molecular flexibility index (Phi) is 7.57. The van der Waals surface area contributed by atoms with Gasteiger partial charge in [-0.2, -0.15) is 0 Å². The van der Waals surface area contributed by atoms with Gasteiger partial charge in [0.15, 0.2) is 0 Å². The Morgan fingerprint density at radius 2 is 1.68 bits per heavy atom. The average Bonchev–Trinajstić information content (AvgIpc) is 2.91. The molecule has 8 heteroatoms. The number of amides is 1. The van der Waals surface area contributed by atoms with Crippen molar-refractivity contribution in [2.75, 3.05) is 13.7 Å². The van der Waals surface area contributed by atoms with Gasteiger partial charge in [0, 0.05) is 34.6 Å². The fraction of sp³-hybridized carbons (Fsp3) is 0.233. The minimum atomic E-state index is -1.52. The van der Waals surface area contributed by atoms with Gasteiger partial charge in [0.1, 0.15) is 17.2 Å². The molecule has 0 radical (unpaired) electrons. The molecule has 4 aromatic rings. The van der Waals surface area contributed by atoms with Gasteiger partial charge in [-0.25, -0.2) is 9.37 Å². The van der Waals surface area contributed by atoms with E-state index in [-0.39, 0.29) is 18.3 Å². The monoisotopic (exact) mass is 514 g/mol. The molecular formula is C30H31FN4O3. The maximum atomic E-state index is 13.5. The van der Waals surface area contributed by atoms with Crippen LogP contribution in [0.1, 0.15) is 42.4 Å². The summed E-state index contributed by atoms with van der Waals surface area (Å²) in [7, 11) is 1.54. The van der Waals surface area contributed by atoms with Crippen molar-refractivity contribution in [1.29, 1.82) is 0 Å². The highest BCUT2D eigenvalue weighted by molar-refractivity contribution is 5.95. The molecule has 0 aliphatic rings. The van der Waals surface area contributed by atoms with Crippen molar-refractivity contribution in [2.45, 2.75) is 31.9 Å². The van der Waals surface area contributed by atoms with Gasteiger partial charge in [-0.05, 0) is 98.6 Å². The van der Waals surface area contributed by atoms with Crippen LogP contribution in [0, 0.1) is 5.82 Å². The molecule has 0 aliphatic heterocycles. The standard InChI is InChI=1S/C30H31FN4O3/c1-29(2,32)22-16-25(20-5-8-23(31)9-6-20)35-27(17-22)30(3,37)18-34-28(36)21-7-10-24(26(15-21)38-4)19-11-13-33-14-12-19/h5-17,37H,18,32H2,1-4H3,(H,34,36). The molecule has 38 heavy (non-hydrogen) atoms. The molecular weight excluding hydrogens is 483 g/mol. The van der Waals surface area contributed by atoms with Gasteiger partial charge in [-0.1, -0.05) is 0 Å². The SMILES string of the molecule is COc1cc(C(=O)NCC(C)(O)c2cc(C(C)(C)N)cc(-c3ccc(F)cc3)n2)ccc1-c1ccncc1. The van der Waals surface area contributed by atoms with Gasteiger partial charge >= 0.3 is 0 Å². The highest BCUT2D eigenvalue weighted by Gasteiger charge is 2.29. The highest BCUT2D eigenvalue weighted by atomic mass is 19.1. The smallest absolute Gasteiger partial charge is 0.251 e. The normalized spacial score (nSPS) is 13.0. The molecule has 4 N–H and O–H groups in total. The van der Waals surface area contributed by atoms with Crippen LogP contribution in [0.5, 0.6) is 5.75 Å². The van der Waals surface area contributed by atoms with Crippen LogP contribution in [0.15, 0.2) is 79.1 Å². The lowest BCUT2D eigenvalue weighted by molar-refractivity contribution is 0.0489. The number of carbonyl (C=O) groups excluding carboxylic acids is 1. The van der Waals surface area contributed by atoms with E-state index in [9.17, 15) is 14.3 Å². The number of rotatable bonds is 8. The van der Waals surface area contributed by atoms with E-state index in [2.05, 4.69) is 15.3 Å². The summed E-state index contributed by atoms with van der Waals surface area (Å²) in [6.45, 7) is 5.16. The molecule has 1 atom stereocenters. The third kappa shape index (κ3) is 6.04. The minimum Gasteiger partial charge on any atom is -0.496 e. The summed E-state index contributed by atoms with van der Waals surface area (Å²) < 4.78 is 19.0. The first-order chi connectivity index (χ1) is 18.0. The predicted molar refractivity (Wildman–Crippen MR) is 145 cm³/mol. The average molecular weight is 515 g/mol. The molecule has 0 aliphatic carbocycles. The van der Waals surface area contributed by atoms with Crippen LogP contribution >= 0.6 is 0 Å². The first-order valence-electron chi connectivity index (χ1n) is 12.1. The van der Waals surface area contributed by atoms with Crippen molar-refractivity contribution >= 4 is 5.91 Å². The summed E-state index contributed by atoms with van der Waals surface area (Å²) in [6.07, 6.45) is 3.38. The van der Waals surface area contributed by atoms with E-state index in [4.69, 9.17) is 10.5 Å². The van der Waals surface area contributed by atoms with Crippen molar-refractivity contribution in [3.63, 3.8) is 0 Å². The fourth-order valence-electron chi connectivity index (χ4n) is 3.99. The molecule has 7 nitrogen and oxygen atoms in total. The second-order valence-electron chi connectivity index (χ2n) is 9.96. The first-order valence-corrected chi connectivity index (χ1v) is 12.1. The van der Waals surface area contributed by atoms with Gasteiger partial charge in [0.05, 0.1) is 25.0 Å². The quantitative estimate of drug-likeness (QED) is 0.312. The Labute approximate surface area is 221 Å². The summed E-state index contributed by atoms with van der Waals surface area (Å²) in [6, 6.07) is 18.4. The Balaban J connectivity index is 1.59. The van der Waals surface area contributed by atoms with Crippen molar-refractivity contribution in [3.05, 3.63) is 102 Å². The Morgan fingerprint density at radius 1 is 1.00 bits per heavy atom. The van der Waals surface area contributed by atoms with Crippen LogP contribution in [0.4, 0.5) is 4.39 Å². The van der Waals surface area contributed by atoms with Crippen molar-refractivity contribution in [2.24, 2.45) is 5.73 Å². The molecule has 0 spiro atoms. The summed E-state index contributed by atoms with van der Waals surface area (Å²) in [5.74, 6) is -0.192. The molecule has 4 rings (SSSR count). The Bertz CT molecular complexity index is 1430. The number of nitrogens with two attached hydrogens (primary N) is 1. The maximum Gasteiger partial charge on any atom is 0.251 e. The molecule has 2 aromatic heterocycles. The number of carbonyl (C=O) groups is 1. The van der Waals surface area contributed by atoms with Crippen LogP contribution in [-0.2, 0) is 11.1 Å². The third-order valence-corrected chi connectivity index (χ3v) is 6.31. The summed E-state index contributed by atoms with van der Waals surface area (Å²) in [5.41, 5.74) is 8.54. The largest absolute Gasteiger partial charge is 0.496 e. The lowest BCUT2D eigenvalue weighted by atomic mass is 9.90. The van der Waals surface area contributed by atoms with E-state index in [1.807, 2.05) is 38.1 Å². The van der Waals surface area contributed by atoms with Gasteiger partial charge in [0.2, 0.25) is 0 Å². The molecule has 1 unspecified atom stereocenters. The van der Waals surface area contributed by atoms with E-state index in [1.54, 1.807) is 56.8 Å². The first kappa shape index (κ1) is 26.9. The van der Waals surface area contributed by atoms with Crippen LogP contribution in [0.2, 0.25) is 0 Å². The van der Waals surface area contributed by atoms with Crippen LogP contribution in [-0.4, -0.2) is 34.6 Å². The molecule has 0 fully saturated rings. The number of nitrogens with one attached hydrogen (secondary N) is 1. The lowest BCUT2D eigenvalue weighted by Crippen LogP contribution is -2.40. The molecule has 2 aromatic carbocycles. The second-order valence-corrected chi connectivity index (χ2v) is 9.96. The summed E-state index contributed by atoms with van der Waals surface area (Å²) >= 11 is 0. The Hall–Kier alpha value is -4.14. The molecule has 1 amide bonds. The number of methoxy groups -OCH3 is 1. The molecule has 0 saturated carbocycles. The van der Waals surface area contributed by atoms with Crippen LogP contribution in [0.25, 0.3) is 22.4 Å². The maximum absolute atomic E-state index is 13.5. The van der Waals surface area contributed by atoms with Crippen LogP contribution in [0.3, 0.4) is 0 Å².